The normalized spacial score (nSPS) is 15.8. The summed E-state index contributed by atoms with van der Waals surface area (Å²) in [5.41, 5.74) is -1.70. The maximum Gasteiger partial charge on any atom is 0.317 e. The predicted molar refractivity (Wildman–Crippen MR) is 395 cm³/mol. The molecule has 0 aromatic heterocycles. The van der Waals surface area contributed by atoms with Crippen LogP contribution in [0.3, 0.4) is 0 Å². The molecule has 20 N–H and O–H groups in total. The third-order valence-corrected chi connectivity index (χ3v) is 17.8. The predicted octanol–water partition coefficient (Wildman–Crippen LogP) is -12.5. The van der Waals surface area contributed by atoms with Gasteiger partial charge >= 0.3 is 71.6 Å². The molecule has 0 bridgehead atoms. The fraction of sp³-hybridized carbons (Fsp3) is 0.754. The van der Waals surface area contributed by atoms with Crippen LogP contribution < -0.4 is 42.5 Å². The molecule has 0 unspecified atom stereocenters. The number of hydrogen-bond donors (Lipinski definition) is 20. The van der Waals surface area contributed by atoms with Gasteiger partial charge in [-0.3, -0.25) is 136 Å². The lowest BCUT2D eigenvalue weighted by Gasteiger charge is -2.36. The van der Waals surface area contributed by atoms with E-state index in [1.165, 1.54) is 44.1 Å². The van der Waals surface area contributed by atoms with Crippen LogP contribution in [0.5, 0.6) is 0 Å². The first kappa shape index (κ1) is 100.0. The van der Waals surface area contributed by atoms with E-state index < -0.39 is 232 Å². The second-order valence-corrected chi connectivity index (χ2v) is 27.4. The average Bonchev–Trinajstić information content (AvgIpc) is 0.846. The number of aliphatic carboxylic acids is 12. The van der Waals surface area contributed by atoms with Crippen molar-refractivity contribution in [3.8, 4) is 0 Å². The highest BCUT2D eigenvalue weighted by atomic mass is 16.4. The van der Waals surface area contributed by atoms with Gasteiger partial charge in [-0.25, -0.2) is 0 Å². The van der Waals surface area contributed by atoms with Gasteiger partial charge in [0, 0.05) is 215 Å². The Bertz CT molecular complexity index is 2870. The average molecular weight is 1630 g/mol. The summed E-state index contributed by atoms with van der Waals surface area (Å²) >= 11 is 0. The fourth-order valence-corrected chi connectivity index (χ4v) is 11.9. The number of carboxylic acid groups (broad SMARTS) is 12. The van der Waals surface area contributed by atoms with Crippen LogP contribution in [0.15, 0.2) is 0 Å². The lowest BCUT2D eigenvalue weighted by atomic mass is 9.86. The summed E-state index contributed by atoms with van der Waals surface area (Å²) < 4.78 is 0. The number of carbonyl (C=O) groups is 16. The van der Waals surface area contributed by atoms with Gasteiger partial charge in [0.05, 0.1) is 105 Å². The highest BCUT2D eigenvalue weighted by Crippen LogP contribution is 2.15. The molecule has 2 aliphatic heterocycles. The molecule has 0 radical (unpaired) electrons. The van der Waals surface area contributed by atoms with Crippen LogP contribution in [-0.4, -0.2) is 529 Å². The van der Waals surface area contributed by atoms with Crippen molar-refractivity contribution in [1.82, 2.24) is 101 Å². The maximum absolute atomic E-state index is 14.7. The molecule has 4 amide bonds. The van der Waals surface area contributed by atoms with Gasteiger partial charge in [-0.2, -0.15) is 0 Å². The summed E-state index contributed by atoms with van der Waals surface area (Å²) in [5, 5.41) is 138. The number of nitrogens with zero attached hydrogens (tertiary/aromatic N) is 12. The maximum atomic E-state index is 14.7. The molecule has 644 valence electrons. The molecule has 0 aliphatic carbocycles. The van der Waals surface area contributed by atoms with Crippen LogP contribution in [-0.2, 0) is 76.7 Å². The molecule has 113 heavy (non-hydrogen) atoms. The molecular formula is C65H116N20O28. The number of carboxylic acids is 12. The lowest BCUT2D eigenvalue weighted by Crippen LogP contribution is -2.59. The smallest absolute Gasteiger partial charge is 0.317 e. The first-order chi connectivity index (χ1) is 53.4. The standard InChI is InChI=1S/C65H116N20O28/c86-49(29-66-1-6-75(36-56(96)97)11-12-77(38-58(100)101)8-4-69-32-55(94)95)70-45-65(46-71-50(87)33-74(5-2-67-30-53(90)91)9-10-76(37-57(98)99)7-3-68-31-54(92)93,47-72-51(88)34-78-13-17-80(39-59(102)103)21-25-84(43-63(110)111)26-22-81(18-14-78)40-60(104)105)48-73-52(89)35-79-15-19-82(41-61(106)107)23-27-85(44-64(112)113)28-24-83(20-16-79)42-62(108)109/h66-69H,1-48H2,(H,70,86)(H,71,87)(H,72,88)(H,73,89)(H,90,91)(H,92,93)(H,94,95)(H,96,97)(H,98,99)(H,100,101)(H,102,103)(H,104,105)(H,106,107)(H,108,109)(H,110,111)(H,112,113). The molecule has 2 rings (SSSR count). The highest BCUT2D eigenvalue weighted by molar-refractivity contribution is 5.81. The van der Waals surface area contributed by atoms with Crippen LogP contribution in [0.1, 0.15) is 0 Å². The molecule has 0 saturated carbocycles. The van der Waals surface area contributed by atoms with Gasteiger partial charge in [-0.15, -0.1) is 0 Å². The first-order valence-electron chi connectivity index (χ1n) is 36.6. The van der Waals surface area contributed by atoms with E-state index in [-0.39, 0.29) is 183 Å². The van der Waals surface area contributed by atoms with E-state index in [1.54, 1.807) is 14.7 Å². The molecular weight excluding hydrogens is 1510 g/mol. The van der Waals surface area contributed by atoms with Gasteiger partial charge < -0.3 is 104 Å². The van der Waals surface area contributed by atoms with E-state index in [0.717, 1.165) is 0 Å². The first-order valence-corrected chi connectivity index (χ1v) is 36.6. The van der Waals surface area contributed by atoms with Gasteiger partial charge in [0.15, 0.2) is 0 Å². The Labute approximate surface area is 652 Å². The molecule has 0 aromatic rings. The van der Waals surface area contributed by atoms with E-state index in [0.29, 0.717) is 0 Å². The van der Waals surface area contributed by atoms with Gasteiger partial charge in [0.1, 0.15) is 0 Å². The monoisotopic (exact) mass is 1620 g/mol. The van der Waals surface area contributed by atoms with Crippen molar-refractivity contribution in [3.05, 3.63) is 0 Å². The zero-order valence-corrected chi connectivity index (χ0v) is 63.7. The Morgan fingerprint density at radius 3 is 0.628 bits per heavy atom. The summed E-state index contributed by atoms with van der Waals surface area (Å²) in [5.74, 6) is -17.4. The molecule has 0 aromatic carbocycles. The lowest BCUT2D eigenvalue weighted by molar-refractivity contribution is -0.140. The van der Waals surface area contributed by atoms with Crippen LogP contribution in [0.2, 0.25) is 0 Å². The quantitative estimate of drug-likeness (QED) is 0.0251. The van der Waals surface area contributed by atoms with E-state index >= 15 is 0 Å². The summed E-state index contributed by atoms with van der Waals surface area (Å²) in [4.78, 5) is 218. The molecule has 0 atom stereocenters. The number of nitrogens with one attached hydrogen (secondary N) is 8. The van der Waals surface area contributed by atoms with Gasteiger partial charge in [0.2, 0.25) is 23.6 Å². The van der Waals surface area contributed by atoms with Crippen molar-refractivity contribution in [2.75, 3.05) is 314 Å². The zero-order valence-electron chi connectivity index (χ0n) is 63.7. The van der Waals surface area contributed by atoms with Crippen LogP contribution >= 0.6 is 0 Å². The molecule has 48 heteroatoms. The van der Waals surface area contributed by atoms with Crippen LogP contribution in [0.25, 0.3) is 0 Å². The third kappa shape index (κ3) is 52.8. The Hall–Kier alpha value is -9.12. The summed E-state index contributed by atoms with van der Waals surface area (Å²) in [6.45, 7) is -8.97. The number of amides is 4. The van der Waals surface area contributed by atoms with Gasteiger partial charge in [-0.05, 0) is 0 Å². The van der Waals surface area contributed by atoms with E-state index in [4.69, 9.17) is 10.2 Å². The van der Waals surface area contributed by atoms with E-state index in [1.807, 2.05) is 0 Å². The largest absolute Gasteiger partial charge is 0.480 e. The molecule has 48 nitrogen and oxygen atoms in total. The minimum Gasteiger partial charge on any atom is -0.480 e. The zero-order chi connectivity index (χ0) is 84.3. The molecule has 0 spiro atoms. The Morgan fingerprint density at radius 2 is 0.416 bits per heavy atom. The Kier molecular flexibility index (Phi) is 50.4. The van der Waals surface area contributed by atoms with Gasteiger partial charge in [0.25, 0.3) is 0 Å². The van der Waals surface area contributed by atoms with Crippen molar-refractivity contribution in [1.29, 1.82) is 0 Å². The van der Waals surface area contributed by atoms with Gasteiger partial charge in [-0.1, -0.05) is 0 Å². The van der Waals surface area contributed by atoms with Crippen molar-refractivity contribution in [3.63, 3.8) is 0 Å². The molecule has 2 aliphatic rings. The number of hydrogen-bond acceptors (Lipinski definition) is 32. The van der Waals surface area contributed by atoms with Crippen molar-refractivity contribution < 1.29 is 138 Å². The minimum absolute atomic E-state index is 0.00575. The van der Waals surface area contributed by atoms with Crippen molar-refractivity contribution in [2.24, 2.45) is 5.41 Å². The minimum atomic E-state index is -1.70. The number of rotatable bonds is 58. The highest BCUT2D eigenvalue weighted by Gasteiger charge is 2.35. The third-order valence-electron chi connectivity index (χ3n) is 17.8. The topological polar surface area (TPSA) is 651 Å². The molecule has 2 heterocycles. The number of carbonyl (C=O) groups excluding carboxylic acids is 4. The van der Waals surface area contributed by atoms with Crippen LogP contribution in [0.4, 0.5) is 0 Å². The van der Waals surface area contributed by atoms with Crippen molar-refractivity contribution in [2.45, 2.75) is 0 Å². The summed E-state index contributed by atoms with van der Waals surface area (Å²) in [6.07, 6.45) is 0. The molecule has 2 fully saturated rings. The van der Waals surface area contributed by atoms with E-state index in [9.17, 15) is 128 Å². The van der Waals surface area contributed by atoms with Crippen LogP contribution in [0, 0.1) is 5.41 Å². The summed E-state index contributed by atoms with van der Waals surface area (Å²) in [6, 6.07) is 0. The molecule has 2 saturated heterocycles. The summed E-state index contributed by atoms with van der Waals surface area (Å²) in [7, 11) is 0. The van der Waals surface area contributed by atoms with Crippen molar-refractivity contribution >= 4 is 95.3 Å². The second kappa shape index (κ2) is 57.0. The van der Waals surface area contributed by atoms with E-state index in [2.05, 4.69) is 42.5 Å². The fourth-order valence-electron chi connectivity index (χ4n) is 11.9. The Balaban J connectivity index is 2.84. The Morgan fingerprint density at radius 1 is 0.221 bits per heavy atom. The second-order valence-electron chi connectivity index (χ2n) is 27.4. The SMILES string of the molecule is O=C(O)CNCCN(CCN(CCNCC(=O)NCC(CNC(=O)CN(CCNCC(=O)O)CCN(CCNCC(=O)O)CC(=O)O)(CNC(=O)CN1CCN(CC(=O)O)CCN(CC(=O)O)CCN(CC(=O)O)CC1)CNC(=O)CN1CCN(CC(=O)O)CCN(CC(=O)O)CCN(CC(=O)O)CC1)CC(=O)O)CC(=O)O.